The molecule has 1 aromatic heterocycles. The lowest BCUT2D eigenvalue weighted by atomic mass is 9.90. The van der Waals surface area contributed by atoms with E-state index in [0.717, 1.165) is 44.9 Å². The average molecular weight is 1400 g/mol. The number of tetrazole rings is 1. The molecule has 34 nitrogen and oxygen atoms in total. The predicted molar refractivity (Wildman–Crippen MR) is 353 cm³/mol. The number of carboxylic acid groups (broad SMARTS) is 1. The van der Waals surface area contributed by atoms with E-state index in [1.807, 2.05) is 24.3 Å². The van der Waals surface area contributed by atoms with Crippen LogP contribution in [0.3, 0.4) is 0 Å². The van der Waals surface area contributed by atoms with Crippen molar-refractivity contribution in [2.45, 2.75) is 171 Å². The zero-order chi connectivity index (χ0) is 74.2. The number of carbonyl (C=O) groups is 12. The van der Waals surface area contributed by atoms with Gasteiger partial charge in [0.15, 0.2) is 5.82 Å². The van der Waals surface area contributed by atoms with Crippen LogP contribution in [0, 0.1) is 5.82 Å². The van der Waals surface area contributed by atoms with Crippen LogP contribution in [0.5, 0.6) is 11.5 Å². The van der Waals surface area contributed by atoms with Crippen LogP contribution in [0.2, 0.25) is 0 Å². The molecule has 0 bridgehead atoms. The van der Waals surface area contributed by atoms with E-state index in [1.54, 1.807) is 12.1 Å². The summed E-state index contributed by atoms with van der Waals surface area (Å²) >= 11 is 0. The molecule has 540 valence electrons. The molecule has 100 heavy (non-hydrogen) atoms. The fraction of sp³-hybridized carbons (Fsp3) is 0.431. The lowest BCUT2D eigenvalue weighted by molar-refractivity contribution is -0.142. The molecule has 0 aliphatic heterocycles. The van der Waals surface area contributed by atoms with Gasteiger partial charge in [0.2, 0.25) is 65.0 Å². The minimum atomic E-state index is -2.36. The van der Waals surface area contributed by atoms with Crippen LogP contribution in [0.1, 0.15) is 94.4 Å². The number of H-pyrrole nitrogens is 1. The van der Waals surface area contributed by atoms with Gasteiger partial charge in [-0.15, -0.1) is 10.2 Å². The molecule has 35 heteroatoms. The van der Waals surface area contributed by atoms with E-state index in [1.165, 1.54) is 68.4 Å². The molecule has 4 aromatic carbocycles. The van der Waals surface area contributed by atoms with Gasteiger partial charge in [-0.25, -0.2) is 4.39 Å². The summed E-state index contributed by atoms with van der Waals surface area (Å²) in [5, 5.41) is 88.1. The predicted octanol–water partition coefficient (Wildman–Crippen LogP) is -4.15. The number of aryl methyl sites for hydroxylation is 1. The van der Waals surface area contributed by atoms with E-state index < -0.39 is 174 Å². The maximum Gasteiger partial charge on any atom is 0.305 e. The second-order valence-electron chi connectivity index (χ2n) is 24.6. The number of aromatic amines is 1. The zero-order valence-corrected chi connectivity index (χ0v) is 55.7. The third-order valence-electron chi connectivity index (χ3n) is 15.7. The summed E-state index contributed by atoms with van der Waals surface area (Å²) in [5.41, 5.74) is 16.0. The van der Waals surface area contributed by atoms with Gasteiger partial charge in [-0.2, -0.15) is 5.21 Å². The summed E-state index contributed by atoms with van der Waals surface area (Å²) in [6.07, 6.45) is -5.15. The van der Waals surface area contributed by atoms with E-state index in [2.05, 4.69) is 73.8 Å². The fourth-order valence-corrected chi connectivity index (χ4v) is 9.92. The molecule has 0 spiro atoms. The summed E-state index contributed by atoms with van der Waals surface area (Å²) < 4.78 is 15.4. The highest BCUT2D eigenvalue weighted by Gasteiger charge is 2.43. The molecule has 22 N–H and O–H groups in total. The molecule has 0 radical (unpaired) electrons. The first kappa shape index (κ1) is 79.6. The van der Waals surface area contributed by atoms with E-state index in [0.29, 0.717) is 30.5 Å². The van der Waals surface area contributed by atoms with Crippen molar-refractivity contribution in [3.05, 3.63) is 137 Å². The highest BCUT2D eigenvalue weighted by Crippen LogP contribution is 2.20. The van der Waals surface area contributed by atoms with E-state index in [4.69, 9.17) is 17.2 Å². The van der Waals surface area contributed by atoms with E-state index in [-0.39, 0.29) is 42.1 Å². The Hall–Kier alpha value is -11.0. The number of nitrogens with zero attached hydrogens (tertiary/aromatic N) is 3. The number of aromatic hydroxyl groups is 2. The Morgan fingerprint density at radius 1 is 0.580 bits per heavy atom. The zero-order valence-electron chi connectivity index (χ0n) is 55.7. The number of aromatic nitrogens is 4. The Balaban J connectivity index is 1.27. The molecule has 0 fully saturated rings. The van der Waals surface area contributed by atoms with Crippen molar-refractivity contribution in [3.63, 3.8) is 0 Å². The van der Waals surface area contributed by atoms with Crippen LogP contribution < -0.4 is 70.4 Å². The standard InChI is InChI=1S/C65H86FN17O17/c1-33(55(92)73-48(29-51(89)90)59(96)74-46(27-38-20-24-42(87)25-21-38)58(95)72-45(54(69)91)13-9-10-36-14-16-39(31-67)17-15-36)71-60(97)52(34(2)84)77-63(100)65(6,30-40-11-7-8-12-43(40)66)79-61(98)53(35(3)85)76-50(88)32-70-57(94)47(28-49-80-82-83-81-49)75-62(99)64(4,5)78-56(93)44(68)26-37-18-22-41(86)23-19-37/h7-8,11-12,14-25,33-35,44-48,52-53,84-87H,9-10,13,26-32,67-68H2,1-6H3,(H2,69,91)(H,70,94)(H,71,97)(H,72,95)(H,73,92)(H,74,96)(H,75,99)(H,76,88)(H,77,100)(H,78,93)(H,79,98)(H,89,90)(H,80,81,82,83)/t33-,34+,35+,44-,45-,46-,47-,48-,52-,53-,65?/m0/s1. The lowest BCUT2D eigenvalue weighted by Crippen LogP contribution is -2.66. The monoisotopic (exact) mass is 1400 g/mol. The smallest absolute Gasteiger partial charge is 0.305 e. The van der Waals surface area contributed by atoms with Crippen LogP contribution in [-0.4, -0.2) is 195 Å². The van der Waals surface area contributed by atoms with Crippen molar-refractivity contribution in [3.8, 4) is 11.5 Å². The van der Waals surface area contributed by atoms with Gasteiger partial charge in [-0.05, 0) is 125 Å². The SMILES string of the molecule is C[C@H](NC(=O)[C@@H](NC(=O)C(C)(Cc1ccccc1F)NC(=O)[C@@H](NC(=O)CNC(=O)[C@H](Cc1nn[nH]n1)NC(=O)C(C)(C)NC(=O)[C@@H](N)Cc1ccc(O)cc1)[C@@H](C)O)[C@@H](C)O)C(=O)N[C@@H](CC(=O)O)C(=O)N[C@@H](Cc1ccc(O)cc1)C(=O)N[C@@H](CCCc1ccc(CN)cc1)C(N)=O. The fourth-order valence-electron chi connectivity index (χ4n) is 9.92. The second-order valence-corrected chi connectivity index (χ2v) is 24.6. The number of primary amides is 1. The molecule has 0 saturated heterocycles. The molecule has 0 aliphatic rings. The minimum Gasteiger partial charge on any atom is -0.508 e. The number of aliphatic hydroxyl groups is 2. The number of carbonyl (C=O) groups excluding carboxylic acids is 11. The van der Waals surface area contributed by atoms with Crippen LogP contribution in [0.15, 0.2) is 97.1 Å². The third-order valence-corrected chi connectivity index (χ3v) is 15.7. The van der Waals surface area contributed by atoms with E-state index >= 15 is 4.39 Å². The van der Waals surface area contributed by atoms with Crippen LogP contribution >= 0.6 is 0 Å². The summed E-state index contributed by atoms with van der Waals surface area (Å²) in [7, 11) is 0. The van der Waals surface area contributed by atoms with Crippen molar-refractivity contribution in [2.24, 2.45) is 17.2 Å². The van der Waals surface area contributed by atoms with Gasteiger partial charge in [0.25, 0.3) is 0 Å². The maximum atomic E-state index is 15.4. The molecule has 1 heterocycles. The highest BCUT2D eigenvalue weighted by atomic mass is 19.1. The van der Waals surface area contributed by atoms with Gasteiger partial charge < -0.3 is 95.9 Å². The van der Waals surface area contributed by atoms with Crippen molar-refractivity contribution in [1.29, 1.82) is 0 Å². The molecule has 11 amide bonds. The van der Waals surface area contributed by atoms with Crippen molar-refractivity contribution in [2.75, 3.05) is 6.54 Å². The van der Waals surface area contributed by atoms with Crippen LogP contribution in [0.4, 0.5) is 4.39 Å². The lowest BCUT2D eigenvalue weighted by Gasteiger charge is -2.34. The van der Waals surface area contributed by atoms with Crippen molar-refractivity contribution < 1.29 is 87.5 Å². The number of carboxylic acids is 1. The number of nitrogens with two attached hydrogens (primary N) is 3. The van der Waals surface area contributed by atoms with Crippen molar-refractivity contribution >= 4 is 70.9 Å². The van der Waals surface area contributed by atoms with Gasteiger partial charge in [0, 0.05) is 25.8 Å². The van der Waals surface area contributed by atoms with E-state index in [9.17, 15) is 83.1 Å². The van der Waals surface area contributed by atoms with Gasteiger partial charge in [-0.3, -0.25) is 57.5 Å². The molecule has 0 aliphatic carbocycles. The molecule has 0 saturated carbocycles. The number of nitrogens with one attached hydrogen (secondary N) is 11. The summed E-state index contributed by atoms with van der Waals surface area (Å²) in [4.78, 5) is 164. The molecule has 5 aromatic rings. The largest absolute Gasteiger partial charge is 0.508 e. The quantitative estimate of drug-likeness (QED) is 0.0178. The molecule has 11 atom stereocenters. The van der Waals surface area contributed by atoms with Gasteiger partial charge in [0.05, 0.1) is 31.2 Å². The van der Waals surface area contributed by atoms with Crippen LogP contribution in [0.25, 0.3) is 0 Å². The number of benzene rings is 4. The summed E-state index contributed by atoms with van der Waals surface area (Å²) in [5.74, 6) is -14.6. The summed E-state index contributed by atoms with van der Waals surface area (Å²) in [6, 6.07) is 10.6. The Labute approximate surface area is 573 Å². The maximum absolute atomic E-state index is 15.4. The number of hydrogen-bond acceptors (Lipinski definition) is 21. The Kier molecular flexibility index (Phi) is 29.5. The number of aliphatic carboxylic acids is 1. The third kappa shape index (κ3) is 24.8. The number of phenols is 2. The number of hydrogen-bond donors (Lipinski definition) is 19. The Morgan fingerprint density at radius 3 is 1.68 bits per heavy atom. The topological polar surface area (TPSA) is 559 Å². The first-order valence-corrected chi connectivity index (χ1v) is 31.5. The number of phenolic OH excluding ortho intramolecular Hbond substituents is 2. The van der Waals surface area contributed by atoms with Crippen LogP contribution in [-0.2, 0) is 96.2 Å². The molecular weight excluding hydrogens is 1310 g/mol. The molecule has 1 unspecified atom stereocenters. The first-order chi connectivity index (χ1) is 47.1. The molecular formula is C65H86FN17O17. The Bertz CT molecular complexity index is 3680. The van der Waals surface area contributed by atoms with Crippen molar-refractivity contribution in [1.82, 2.24) is 73.8 Å². The number of aliphatic hydroxyl groups excluding tert-OH is 2. The Morgan fingerprint density at radius 2 is 1.12 bits per heavy atom. The summed E-state index contributed by atoms with van der Waals surface area (Å²) in [6.45, 7) is 6.33. The molecule has 5 rings (SSSR count). The average Bonchev–Trinajstić information content (AvgIpc) is 1.77. The van der Waals surface area contributed by atoms with Gasteiger partial charge in [0.1, 0.15) is 70.7 Å². The minimum absolute atomic E-state index is 0.00702. The first-order valence-electron chi connectivity index (χ1n) is 31.5. The number of amides is 11. The van der Waals surface area contributed by atoms with Gasteiger partial charge in [-0.1, -0.05) is 71.9 Å². The number of rotatable bonds is 38. The van der Waals surface area contributed by atoms with Gasteiger partial charge >= 0.3 is 5.97 Å². The normalized spacial score (nSPS) is 14.9. The second kappa shape index (κ2) is 37.1. The number of halogens is 1. The highest BCUT2D eigenvalue weighted by molar-refractivity contribution is 6.00.